The largest absolute Gasteiger partial charge is 0.481 e. The first-order chi connectivity index (χ1) is 9.95. The van der Waals surface area contributed by atoms with Gasteiger partial charge in [0.2, 0.25) is 0 Å². The van der Waals surface area contributed by atoms with E-state index in [2.05, 4.69) is 0 Å². The molecule has 0 spiro atoms. The minimum absolute atomic E-state index is 0.0550. The minimum atomic E-state index is -1.51. The van der Waals surface area contributed by atoms with Crippen molar-refractivity contribution in [2.45, 2.75) is 18.3 Å². The monoisotopic (exact) mass is 292 g/mol. The molecular formula is C16H11F3O2. The molecule has 0 bridgehead atoms. The summed E-state index contributed by atoms with van der Waals surface area (Å²) in [6.45, 7) is 0. The number of benzene rings is 2. The highest BCUT2D eigenvalue weighted by molar-refractivity contribution is 5.85. The zero-order valence-corrected chi connectivity index (χ0v) is 10.9. The highest BCUT2D eigenvalue weighted by atomic mass is 19.2. The molecular weight excluding hydrogens is 281 g/mol. The fourth-order valence-electron chi connectivity index (χ4n) is 2.47. The van der Waals surface area contributed by atoms with E-state index in [9.17, 15) is 23.1 Å². The normalized spacial score (nSPS) is 15.8. The van der Waals surface area contributed by atoms with Crippen LogP contribution in [0.1, 0.15) is 18.4 Å². The maximum atomic E-state index is 13.7. The van der Waals surface area contributed by atoms with Crippen molar-refractivity contribution in [2.75, 3.05) is 0 Å². The summed E-state index contributed by atoms with van der Waals surface area (Å²) in [6, 6.07) is 8.25. The Labute approximate surface area is 118 Å². The Hall–Kier alpha value is -2.30. The van der Waals surface area contributed by atoms with E-state index in [1.54, 1.807) is 12.1 Å². The van der Waals surface area contributed by atoms with Crippen LogP contribution in [0.4, 0.5) is 13.2 Å². The maximum Gasteiger partial charge on any atom is 0.314 e. The van der Waals surface area contributed by atoms with Gasteiger partial charge in [0.05, 0.1) is 5.41 Å². The summed E-state index contributed by atoms with van der Waals surface area (Å²) in [5.74, 6) is -4.88. The average molecular weight is 292 g/mol. The third kappa shape index (κ3) is 2.09. The number of hydrogen-bond acceptors (Lipinski definition) is 1. The zero-order chi connectivity index (χ0) is 15.2. The van der Waals surface area contributed by atoms with Crippen molar-refractivity contribution < 1.29 is 23.1 Å². The van der Waals surface area contributed by atoms with E-state index >= 15 is 0 Å². The number of rotatable bonds is 3. The molecule has 0 aromatic heterocycles. The molecule has 0 unspecified atom stereocenters. The standard InChI is InChI=1S/C16H11F3O2/c17-12-6-5-11(13(18)14(12)19)9-1-3-10(4-2-9)16(7-8-16)15(20)21/h1-6H,7-8H2,(H,20,21). The SMILES string of the molecule is O=C(O)C1(c2ccc(-c3ccc(F)c(F)c3F)cc2)CC1. The Balaban J connectivity index is 1.99. The van der Waals surface area contributed by atoms with Gasteiger partial charge < -0.3 is 5.11 Å². The second-order valence-electron chi connectivity index (χ2n) is 5.19. The Morgan fingerprint density at radius 2 is 1.57 bits per heavy atom. The highest BCUT2D eigenvalue weighted by Gasteiger charge is 2.51. The van der Waals surface area contributed by atoms with Gasteiger partial charge in [-0.25, -0.2) is 13.2 Å². The molecule has 0 radical (unpaired) electrons. The fraction of sp³-hybridized carbons (Fsp3) is 0.188. The van der Waals surface area contributed by atoms with Crippen LogP contribution in [-0.2, 0) is 10.2 Å². The molecule has 0 heterocycles. The molecule has 2 aromatic rings. The van der Waals surface area contributed by atoms with E-state index in [1.165, 1.54) is 12.1 Å². The Bertz CT molecular complexity index is 719. The van der Waals surface area contributed by atoms with Crippen molar-refractivity contribution >= 4 is 5.97 Å². The van der Waals surface area contributed by atoms with E-state index in [0.29, 0.717) is 24.0 Å². The first-order valence-electron chi connectivity index (χ1n) is 6.43. The second kappa shape index (κ2) is 4.62. The summed E-state index contributed by atoms with van der Waals surface area (Å²) in [6.07, 6.45) is 1.14. The summed E-state index contributed by atoms with van der Waals surface area (Å²) in [5, 5.41) is 9.20. The first-order valence-corrected chi connectivity index (χ1v) is 6.43. The van der Waals surface area contributed by atoms with Crippen LogP contribution in [0.15, 0.2) is 36.4 Å². The molecule has 1 aliphatic carbocycles. The Morgan fingerprint density at radius 1 is 0.952 bits per heavy atom. The maximum absolute atomic E-state index is 13.7. The van der Waals surface area contributed by atoms with Crippen LogP contribution in [0.5, 0.6) is 0 Å². The summed E-state index contributed by atoms with van der Waals surface area (Å²) in [4.78, 5) is 11.2. The van der Waals surface area contributed by atoms with Gasteiger partial charge in [-0.15, -0.1) is 0 Å². The average Bonchev–Trinajstić information content (AvgIpc) is 3.27. The number of carbonyl (C=O) groups is 1. The first kappa shape index (κ1) is 13.7. The van der Waals surface area contributed by atoms with Crippen LogP contribution in [0.2, 0.25) is 0 Å². The van der Waals surface area contributed by atoms with Gasteiger partial charge in [-0.1, -0.05) is 24.3 Å². The summed E-state index contributed by atoms with van der Waals surface area (Å²) < 4.78 is 39.9. The van der Waals surface area contributed by atoms with E-state index < -0.39 is 28.8 Å². The summed E-state index contributed by atoms with van der Waals surface area (Å²) in [5.41, 5.74) is 0.115. The molecule has 108 valence electrons. The quantitative estimate of drug-likeness (QED) is 0.871. The van der Waals surface area contributed by atoms with Gasteiger partial charge in [-0.3, -0.25) is 4.79 Å². The molecule has 2 nitrogen and oxygen atoms in total. The van der Waals surface area contributed by atoms with Crippen molar-refractivity contribution in [3.05, 3.63) is 59.4 Å². The number of carboxylic acid groups (broad SMARTS) is 1. The number of halogens is 3. The number of aliphatic carboxylic acids is 1. The van der Waals surface area contributed by atoms with Crippen LogP contribution in [0.25, 0.3) is 11.1 Å². The molecule has 21 heavy (non-hydrogen) atoms. The topological polar surface area (TPSA) is 37.3 Å². The summed E-state index contributed by atoms with van der Waals surface area (Å²) in [7, 11) is 0. The Kier molecular flexibility index (Phi) is 3.01. The van der Waals surface area contributed by atoms with Crippen molar-refractivity contribution in [1.82, 2.24) is 0 Å². The third-order valence-electron chi connectivity index (χ3n) is 3.94. The molecule has 5 heteroatoms. The molecule has 0 aliphatic heterocycles. The van der Waals surface area contributed by atoms with E-state index in [-0.39, 0.29) is 5.56 Å². The van der Waals surface area contributed by atoms with Gasteiger partial charge in [0, 0.05) is 5.56 Å². The predicted octanol–water partition coefficient (Wildman–Crippen LogP) is 3.89. The van der Waals surface area contributed by atoms with Crippen LogP contribution in [0, 0.1) is 17.5 Å². The highest BCUT2D eigenvalue weighted by Crippen LogP contribution is 2.48. The molecule has 1 fully saturated rings. The lowest BCUT2D eigenvalue weighted by molar-refractivity contribution is -0.140. The van der Waals surface area contributed by atoms with Crippen molar-refractivity contribution in [1.29, 1.82) is 0 Å². The number of hydrogen-bond donors (Lipinski definition) is 1. The second-order valence-corrected chi connectivity index (χ2v) is 5.19. The van der Waals surface area contributed by atoms with Crippen molar-refractivity contribution in [3.63, 3.8) is 0 Å². The van der Waals surface area contributed by atoms with Crippen LogP contribution in [0.3, 0.4) is 0 Å². The van der Waals surface area contributed by atoms with Crippen LogP contribution < -0.4 is 0 Å². The molecule has 1 saturated carbocycles. The molecule has 0 amide bonds. The van der Waals surface area contributed by atoms with Crippen LogP contribution >= 0.6 is 0 Å². The third-order valence-corrected chi connectivity index (χ3v) is 3.94. The molecule has 3 rings (SSSR count). The molecule has 0 saturated heterocycles. The lowest BCUT2D eigenvalue weighted by atomic mass is 9.93. The fourth-order valence-corrected chi connectivity index (χ4v) is 2.47. The molecule has 0 atom stereocenters. The van der Waals surface area contributed by atoms with E-state index in [1.807, 2.05) is 0 Å². The molecule has 2 aromatic carbocycles. The number of carboxylic acids is 1. The lowest BCUT2D eigenvalue weighted by Gasteiger charge is -2.11. The van der Waals surface area contributed by atoms with E-state index in [0.717, 1.165) is 12.1 Å². The lowest BCUT2D eigenvalue weighted by Crippen LogP contribution is -2.19. The van der Waals surface area contributed by atoms with E-state index in [4.69, 9.17) is 0 Å². The van der Waals surface area contributed by atoms with Crippen LogP contribution in [-0.4, -0.2) is 11.1 Å². The zero-order valence-electron chi connectivity index (χ0n) is 10.9. The minimum Gasteiger partial charge on any atom is -0.481 e. The van der Waals surface area contributed by atoms with Gasteiger partial charge in [0.25, 0.3) is 0 Å². The van der Waals surface area contributed by atoms with Gasteiger partial charge in [0.15, 0.2) is 17.5 Å². The smallest absolute Gasteiger partial charge is 0.314 e. The van der Waals surface area contributed by atoms with Crippen molar-refractivity contribution in [3.8, 4) is 11.1 Å². The van der Waals surface area contributed by atoms with Gasteiger partial charge in [-0.2, -0.15) is 0 Å². The Morgan fingerprint density at radius 3 is 2.10 bits per heavy atom. The predicted molar refractivity (Wildman–Crippen MR) is 70.3 cm³/mol. The van der Waals surface area contributed by atoms with Crippen molar-refractivity contribution in [2.24, 2.45) is 0 Å². The summed E-state index contributed by atoms with van der Waals surface area (Å²) >= 11 is 0. The van der Waals surface area contributed by atoms with Gasteiger partial charge in [0.1, 0.15) is 0 Å². The molecule has 1 aliphatic rings. The van der Waals surface area contributed by atoms with Gasteiger partial charge >= 0.3 is 5.97 Å². The molecule has 1 N–H and O–H groups in total. The van der Waals surface area contributed by atoms with Gasteiger partial charge in [-0.05, 0) is 36.1 Å².